The molecule has 1 aliphatic heterocycles. The summed E-state index contributed by atoms with van der Waals surface area (Å²) in [5.41, 5.74) is 2.38. The van der Waals surface area contributed by atoms with Crippen molar-refractivity contribution in [1.29, 1.82) is 0 Å². The van der Waals surface area contributed by atoms with Gasteiger partial charge in [-0.25, -0.2) is 0 Å². The molecule has 1 saturated heterocycles. The Morgan fingerprint density at radius 3 is 2.65 bits per heavy atom. The average Bonchev–Trinajstić information content (AvgIpc) is 2.99. The van der Waals surface area contributed by atoms with E-state index in [0.29, 0.717) is 6.42 Å². The number of amides is 1. The Balaban J connectivity index is 1.61. The van der Waals surface area contributed by atoms with Crippen molar-refractivity contribution in [3.05, 3.63) is 53.9 Å². The molecule has 23 heavy (non-hydrogen) atoms. The van der Waals surface area contributed by atoms with E-state index in [-0.39, 0.29) is 11.9 Å². The summed E-state index contributed by atoms with van der Waals surface area (Å²) >= 11 is 0. The summed E-state index contributed by atoms with van der Waals surface area (Å²) in [6, 6.07) is 12.7. The van der Waals surface area contributed by atoms with E-state index in [1.165, 1.54) is 5.56 Å². The Labute approximate surface area is 137 Å². The molecule has 5 nitrogen and oxygen atoms in total. The van der Waals surface area contributed by atoms with Crippen molar-refractivity contribution < 1.29 is 4.79 Å². The van der Waals surface area contributed by atoms with Gasteiger partial charge in [0.15, 0.2) is 0 Å². The van der Waals surface area contributed by atoms with E-state index < -0.39 is 0 Å². The molecule has 0 saturated carbocycles. The molecule has 1 aliphatic rings. The lowest BCUT2D eigenvalue weighted by Crippen LogP contribution is -2.49. The maximum atomic E-state index is 12.6. The van der Waals surface area contributed by atoms with Crippen molar-refractivity contribution in [2.24, 2.45) is 7.05 Å². The lowest BCUT2D eigenvalue weighted by atomic mass is 10.0. The molecule has 2 heterocycles. The molecule has 0 aliphatic carbocycles. The third-order valence-electron chi connectivity index (χ3n) is 4.70. The molecular weight excluding hydrogens is 288 g/mol. The predicted octanol–water partition coefficient (Wildman–Crippen LogP) is 1.87. The van der Waals surface area contributed by atoms with E-state index in [4.69, 9.17) is 0 Å². The highest BCUT2D eigenvalue weighted by Gasteiger charge is 2.28. The third kappa shape index (κ3) is 3.62. The highest BCUT2D eigenvalue weighted by molar-refractivity contribution is 5.76. The summed E-state index contributed by atoms with van der Waals surface area (Å²) < 4.78 is 1.84. The number of likely N-dealkylation sites (N-methyl/N-ethyl adjacent to an activating group) is 1. The second kappa shape index (κ2) is 6.96. The van der Waals surface area contributed by atoms with E-state index >= 15 is 0 Å². The summed E-state index contributed by atoms with van der Waals surface area (Å²) in [6.45, 7) is 2.49. The van der Waals surface area contributed by atoms with Crippen LogP contribution >= 0.6 is 0 Å². The van der Waals surface area contributed by atoms with E-state index in [2.05, 4.69) is 41.3 Å². The number of benzene rings is 1. The van der Waals surface area contributed by atoms with Gasteiger partial charge in [0.25, 0.3) is 0 Å². The first-order valence-corrected chi connectivity index (χ1v) is 8.15. The fraction of sp³-hybridized carbons (Fsp3) is 0.444. The number of aryl methyl sites for hydroxylation is 2. The Kier molecular flexibility index (Phi) is 4.76. The van der Waals surface area contributed by atoms with E-state index in [1.807, 2.05) is 28.8 Å². The molecule has 1 aromatic carbocycles. The molecule has 0 bridgehead atoms. The number of rotatable bonds is 4. The van der Waals surface area contributed by atoms with Crippen molar-refractivity contribution in [3.8, 4) is 0 Å². The maximum Gasteiger partial charge on any atom is 0.223 e. The van der Waals surface area contributed by atoms with Crippen LogP contribution in [0.4, 0.5) is 0 Å². The summed E-state index contributed by atoms with van der Waals surface area (Å²) in [7, 11) is 4.05. The predicted molar refractivity (Wildman–Crippen MR) is 89.9 cm³/mol. The van der Waals surface area contributed by atoms with Crippen molar-refractivity contribution in [3.63, 3.8) is 0 Å². The lowest BCUT2D eigenvalue weighted by molar-refractivity contribution is -0.134. The highest BCUT2D eigenvalue weighted by Crippen LogP contribution is 2.24. The van der Waals surface area contributed by atoms with Crippen LogP contribution in [0.1, 0.15) is 23.7 Å². The van der Waals surface area contributed by atoms with Crippen LogP contribution < -0.4 is 0 Å². The molecule has 3 rings (SSSR count). The quantitative estimate of drug-likeness (QED) is 0.865. The van der Waals surface area contributed by atoms with E-state index in [0.717, 1.165) is 31.7 Å². The van der Waals surface area contributed by atoms with Gasteiger partial charge in [-0.2, -0.15) is 5.10 Å². The van der Waals surface area contributed by atoms with Crippen LogP contribution in [0.5, 0.6) is 0 Å². The molecule has 5 heteroatoms. The minimum atomic E-state index is 0.236. The Hall–Kier alpha value is -2.14. The van der Waals surface area contributed by atoms with Gasteiger partial charge in [0, 0.05) is 45.0 Å². The molecule has 1 aromatic heterocycles. The zero-order valence-electron chi connectivity index (χ0n) is 13.9. The van der Waals surface area contributed by atoms with Gasteiger partial charge >= 0.3 is 0 Å². The molecular formula is C18H24N4O. The Morgan fingerprint density at radius 1 is 1.17 bits per heavy atom. The fourth-order valence-corrected chi connectivity index (χ4v) is 3.17. The van der Waals surface area contributed by atoms with Crippen molar-refractivity contribution in [2.75, 3.05) is 26.7 Å². The number of aromatic nitrogens is 2. The third-order valence-corrected chi connectivity index (χ3v) is 4.70. The van der Waals surface area contributed by atoms with Gasteiger partial charge in [0.05, 0.1) is 6.04 Å². The number of carbonyl (C=O) groups excluding carboxylic acids is 1. The van der Waals surface area contributed by atoms with Crippen LogP contribution in [0.2, 0.25) is 0 Å². The number of carbonyl (C=O) groups is 1. The molecule has 0 unspecified atom stereocenters. The van der Waals surface area contributed by atoms with Crippen molar-refractivity contribution >= 4 is 5.91 Å². The number of hydrogen-bond donors (Lipinski definition) is 0. The van der Waals surface area contributed by atoms with Crippen LogP contribution in [-0.4, -0.2) is 52.2 Å². The standard InChI is InChI=1S/C18H24N4O/c1-20-12-13-22(14-17(20)15-6-4-3-5-7-15)18(23)9-8-16-10-11-19-21(16)2/h3-7,10-11,17H,8-9,12-14H2,1-2H3/t17-/m1/s1. The van der Waals surface area contributed by atoms with Crippen molar-refractivity contribution in [1.82, 2.24) is 19.6 Å². The van der Waals surface area contributed by atoms with Crippen LogP contribution in [0.15, 0.2) is 42.6 Å². The summed E-state index contributed by atoms with van der Waals surface area (Å²) in [4.78, 5) is 16.9. The fourth-order valence-electron chi connectivity index (χ4n) is 3.17. The van der Waals surface area contributed by atoms with Gasteiger partial charge in [-0.1, -0.05) is 30.3 Å². The van der Waals surface area contributed by atoms with Gasteiger partial charge < -0.3 is 4.90 Å². The molecule has 1 fully saturated rings. The van der Waals surface area contributed by atoms with Crippen LogP contribution in [-0.2, 0) is 18.3 Å². The summed E-state index contributed by atoms with van der Waals surface area (Å²) in [6.07, 6.45) is 3.07. The molecule has 1 amide bonds. The minimum Gasteiger partial charge on any atom is -0.339 e. The van der Waals surface area contributed by atoms with E-state index in [9.17, 15) is 4.79 Å². The molecule has 0 spiro atoms. The van der Waals surface area contributed by atoms with Crippen LogP contribution in [0, 0.1) is 0 Å². The minimum absolute atomic E-state index is 0.236. The van der Waals surface area contributed by atoms with Gasteiger partial charge in [-0.15, -0.1) is 0 Å². The van der Waals surface area contributed by atoms with Crippen LogP contribution in [0.3, 0.4) is 0 Å². The van der Waals surface area contributed by atoms with Gasteiger partial charge in [0.2, 0.25) is 5.91 Å². The normalized spacial score (nSPS) is 19.0. The molecule has 1 atom stereocenters. The average molecular weight is 312 g/mol. The Morgan fingerprint density at radius 2 is 1.96 bits per heavy atom. The second-order valence-electron chi connectivity index (χ2n) is 6.19. The molecule has 0 radical (unpaired) electrons. The topological polar surface area (TPSA) is 41.4 Å². The van der Waals surface area contributed by atoms with E-state index in [1.54, 1.807) is 6.20 Å². The van der Waals surface area contributed by atoms with Gasteiger partial charge in [-0.3, -0.25) is 14.4 Å². The second-order valence-corrected chi connectivity index (χ2v) is 6.19. The molecule has 2 aromatic rings. The number of piperazine rings is 1. The smallest absolute Gasteiger partial charge is 0.223 e. The highest BCUT2D eigenvalue weighted by atomic mass is 16.2. The van der Waals surface area contributed by atoms with Crippen molar-refractivity contribution in [2.45, 2.75) is 18.9 Å². The SMILES string of the molecule is CN1CCN(C(=O)CCc2ccnn2C)C[C@@H]1c1ccccc1. The number of hydrogen-bond acceptors (Lipinski definition) is 3. The summed E-state index contributed by atoms with van der Waals surface area (Å²) in [5, 5.41) is 4.15. The first-order valence-electron chi connectivity index (χ1n) is 8.15. The summed E-state index contributed by atoms with van der Waals surface area (Å²) in [5.74, 6) is 0.236. The zero-order valence-corrected chi connectivity index (χ0v) is 13.9. The van der Waals surface area contributed by atoms with Gasteiger partial charge in [-0.05, 0) is 25.1 Å². The lowest BCUT2D eigenvalue weighted by Gasteiger charge is -2.39. The molecule has 122 valence electrons. The molecule has 0 N–H and O–H groups in total. The zero-order chi connectivity index (χ0) is 16.2. The monoisotopic (exact) mass is 312 g/mol. The van der Waals surface area contributed by atoms with Gasteiger partial charge in [0.1, 0.15) is 0 Å². The number of nitrogens with zero attached hydrogens (tertiary/aromatic N) is 4. The first kappa shape index (κ1) is 15.7. The Bertz CT molecular complexity index is 652. The largest absolute Gasteiger partial charge is 0.339 e. The van der Waals surface area contributed by atoms with Crippen LogP contribution in [0.25, 0.3) is 0 Å². The first-order chi connectivity index (χ1) is 11.1. The maximum absolute atomic E-state index is 12.6.